The van der Waals surface area contributed by atoms with Gasteiger partial charge in [-0.1, -0.05) is 12.1 Å². The van der Waals surface area contributed by atoms with Crippen molar-refractivity contribution >= 4 is 11.7 Å². The molecule has 1 aliphatic heterocycles. The molecule has 0 saturated carbocycles. The van der Waals surface area contributed by atoms with Crippen LogP contribution in [0.1, 0.15) is 29.2 Å². The van der Waals surface area contributed by atoms with Gasteiger partial charge in [-0.25, -0.2) is 13.5 Å². The number of ether oxygens (including phenoxy) is 1. The summed E-state index contributed by atoms with van der Waals surface area (Å²) in [6, 6.07) is 7.62. The third-order valence-corrected chi connectivity index (χ3v) is 5.44. The lowest BCUT2D eigenvalue weighted by Crippen LogP contribution is -2.34. The zero-order valence-electron chi connectivity index (χ0n) is 17.3. The van der Waals surface area contributed by atoms with Crippen molar-refractivity contribution < 1.29 is 22.7 Å². The summed E-state index contributed by atoms with van der Waals surface area (Å²) in [5.74, 6) is -5.86. The summed E-state index contributed by atoms with van der Waals surface area (Å²) < 4.78 is 48.1. The number of carbonyl (C=O) groups excluding carboxylic acids is 1. The monoisotopic (exact) mass is 456 g/mol. The van der Waals surface area contributed by atoms with Gasteiger partial charge in [0.25, 0.3) is 5.91 Å². The molecule has 170 valence electrons. The largest absolute Gasteiger partial charge is 0.453 e. The zero-order valence-corrected chi connectivity index (χ0v) is 17.3. The van der Waals surface area contributed by atoms with Crippen molar-refractivity contribution in [2.75, 3.05) is 18.8 Å². The lowest BCUT2D eigenvalue weighted by molar-refractivity contribution is 0.100. The number of amides is 1. The van der Waals surface area contributed by atoms with E-state index in [1.807, 2.05) is 0 Å². The van der Waals surface area contributed by atoms with Crippen molar-refractivity contribution in [3.8, 4) is 28.9 Å². The molecular weight excluding hydrogens is 437 g/mol. The highest BCUT2D eigenvalue weighted by atomic mass is 19.2. The number of nitriles is 1. The molecule has 8 nitrogen and oxygen atoms in total. The van der Waals surface area contributed by atoms with Crippen molar-refractivity contribution in [2.24, 2.45) is 5.73 Å². The van der Waals surface area contributed by atoms with Gasteiger partial charge in [-0.05, 0) is 37.1 Å². The number of aromatic nitrogens is 2. The summed E-state index contributed by atoms with van der Waals surface area (Å²) in [6.45, 7) is 0.971. The summed E-state index contributed by atoms with van der Waals surface area (Å²) in [5, 5.41) is 13.7. The Morgan fingerprint density at radius 1 is 1.15 bits per heavy atom. The first-order valence-corrected chi connectivity index (χ1v) is 10.0. The molecule has 0 spiro atoms. The van der Waals surface area contributed by atoms with Gasteiger partial charge < -0.3 is 21.1 Å². The summed E-state index contributed by atoms with van der Waals surface area (Å²) in [5.41, 5.74) is 12.1. The highest BCUT2D eigenvalue weighted by Gasteiger charge is 2.29. The summed E-state index contributed by atoms with van der Waals surface area (Å²) in [7, 11) is 0. The molecule has 0 bridgehead atoms. The van der Waals surface area contributed by atoms with Crippen LogP contribution in [0.15, 0.2) is 36.4 Å². The second-order valence-electron chi connectivity index (χ2n) is 7.53. The molecule has 33 heavy (non-hydrogen) atoms. The number of nitrogen functional groups attached to an aromatic ring is 1. The fourth-order valence-corrected chi connectivity index (χ4v) is 3.86. The number of carbonyl (C=O) groups is 1. The summed E-state index contributed by atoms with van der Waals surface area (Å²) in [4.78, 5) is 13.8. The van der Waals surface area contributed by atoms with Crippen LogP contribution >= 0.6 is 0 Å². The Hall–Kier alpha value is -4.20. The van der Waals surface area contributed by atoms with Crippen LogP contribution in [0.25, 0.3) is 11.3 Å². The first-order chi connectivity index (χ1) is 15.8. The van der Waals surface area contributed by atoms with E-state index in [1.165, 1.54) is 10.7 Å². The Morgan fingerprint density at radius 2 is 1.91 bits per heavy atom. The minimum absolute atomic E-state index is 0.0242. The van der Waals surface area contributed by atoms with Crippen LogP contribution in [-0.4, -0.2) is 33.7 Å². The van der Waals surface area contributed by atoms with Crippen LogP contribution in [0.3, 0.4) is 0 Å². The fourth-order valence-electron chi connectivity index (χ4n) is 3.86. The number of nitrogens with two attached hydrogens (primary N) is 2. The van der Waals surface area contributed by atoms with Crippen LogP contribution in [-0.2, 0) is 0 Å². The van der Waals surface area contributed by atoms with Gasteiger partial charge in [0.2, 0.25) is 5.82 Å². The lowest BCUT2D eigenvalue weighted by atomic mass is 10.1. The maximum atomic E-state index is 14.2. The van der Waals surface area contributed by atoms with Crippen LogP contribution in [0, 0.1) is 28.9 Å². The van der Waals surface area contributed by atoms with Crippen molar-refractivity contribution in [3.05, 3.63) is 59.4 Å². The Bertz CT molecular complexity index is 1270. The molecule has 1 atom stereocenters. The number of benzene rings is 2. The Balaban J connectivity index is 1.80. The molecule has 1 fully saturated rings. The predicted molar refractivity (Wildman–Crippen MR) is 112 cm³/mol. The van der Waals surface area contributed by atoms with E-state index >= 15 is 0 Å². The fraction of sp³-hybridized carbons (Fsp3) is 0.227. The quantitative estimate of drug-likeness (QED) is 0.447. The number of primary amides is 1. The number of hydrogen-bond donors (Lipinski definition) is 2. The van der Waals surface area contributed by atoms with Crippen molar-refractivity contribution in [3.63, 3.8) is 0 Å². The molecule has 2 heterocycles. The molecule has 3 aromatic rings. The Morgan fingerprint density at radius 3 is 2.64 bits per heavy atom. The van der Waals surface area contributed by atoms with E-state index in [-0.39, 0.29) is 34.4 Å². The number of hydrogen-bond acceptors (Lipinski definition) is 6. The Kier molecular flexibility index (Phi) is 5.83. The first-order valence-electron chi connectivity index (χ1n) is 10.0. The minimum Gasteiger partial charge on any atom is -0.453 e. The number of nitrogens with zero attached hydrogens (tertiary/aromatic N) is 4. The van der Waals surface area contributed by atoms with Gasteiger partial charge in [0.05, 0.1) is 12.6 Å². The molecule has 1 unspecified atom stereocenters. The van der Waals surface area contributed by atoms with E-state index in [9.17, 15) is 23.2 Å². The molecule has 1 amide bonds. The van der Waals surface area contributed by atoms with Gasteiger partial charge in [0, 0.05) is 12.1 Å². The highest BCUT2D eigenvalue weighted by Crippen LogP contribution is 2.38. The summed E-state index contributed by atoms with van der Waals surface area (Å²) >= 11 is 0. The van der Waals surface area contributed by atoms with Gasteiger partial charge in [-0.2, -0.15) is 14.8 Å². The number of halogens is 3. The molecule has 0 radical (unpaired) electrons. The van der Waals surface area contributed by atoms with Crippen molar-refractivity contribution in [2.45, 2.75) is 18.9 Å². The number of anilines is 1. The summed E-state index contributed by atoms with van der Waals surface area (Å²) in [6.07, 6.45) is 3.51. The molecule has 1 saturated heterocycles. The minimum atomic E-state index is -1.67. The average molecular weight is 456 g/mol. The highest BCUT2D eigenvalue weighted by molar-refractivity contribution is 6.03. The van der Waals surface area contributed by atoms with Crippen LogP contribution in [0.5, 0.6) is 11.5 Å². The van der Waals surface area contributed by atoms with E-state index in [0.29, 0.717) is 19.5 Å². The normalized spacial score (nSPS) is 15.8. The number of rotatable bonds is 5. The van der Waals surface area contributed by atoms with E-state index in [0.717, 1.165) is 18.6 Å². The van der Waals surface area contributed by atoms with Gasteiger partial charge >= 0.3 is 0 Å². The molecule has 4 rings (SSSR count). The second-order valence-corrected chi connectivity index (χ2v) is 7.53. The maximum Gasteiger partial charge on any atom is 0.254 e. The van der Waals surface area contributed by atoms with Gasteiger partial charge in [-0.3, -0.25) is 4.79 Å². The molecule has 2 aromatic carbocycles. The molecule has 4 N–H and O–H groups in total. The van der Waals surface area contributed by atoms with Gasteiger partial charge in [-0.15, -0.1) is 0 Å². The molecule has 1 aliphatic rings. The number of likely N-dealkylation sites (tertiary alicyclic amines) is 1. The SMILES string of the molecule is N#CN1CCCC(n2nc(-c3ccccc3Oc3ccc(F)c(F)c3F)c(C(N)=O)c2N)C1. The predicted octanol–water partition coefficient (Wildman–Crippen LogP) is 3.56. The number of piperidine rings is 1. The maximum absolute atomic E-state index is 14.2. The molecule has 11 heteroatoms. The lowest BCUT2D eigenvalue weighted by Gasteiger charge is -2.29. The van der Waals surface area contributed by atoms with E-state index < -0.39 is 29.1 Å². The standard InChI is InChI=1S/C22H19F3N6O2/c23-14-7-8-16(19(25)18(14)24)33-15-6-2-1-5-13(15)20-17(22(28)32)21(27)31(29-20)12-4-3-9-30(10-12)11-26/h1-2,5-8,12H,3-4,9-10,27H2,(H2,28,32). The van der Waals surface area contributed by atoms with E-state index in [1.54, 1.807) is 23.1 Å². The van der Waals surface area contributed by atoms with Gasteiger partial charge in [0.15, 0.2) is 23.6 Å². The molecule has 0 aliphatic carbocycles. The third kappa shape index (κ3) is 4.03. The van der Waals surface area contributed by atoms with E-state index in [4.69, 9.17) is 16.2 Å². The first kappa shape index (κ1) is 22.0. The topological polar surface area (TPSA) is 123 Å². The number of para-hydroxylation sites is 1. The van der Waals surface area contributed by atoms with Crippen LogP contribution in [0.2, 0.25) is 0 Å². The third-order valence-electron chi connectivity index (χ3n) is 5.44. The van der Waals surface area contributed by atoms with Crippen LogP contribution < -0.4 is 16.2 Å². The zero-order chi connectivity index (χ0) is 23.7. The average Bonchev–Trinajstić information content (AvgIpc) is 3.17. The van der Waals surface area contributed by atoms with Crippen LogP contribution in [0.4, 0.5) is 19.0 Å². The van der Waals surface area contributed by atoms with E-state index in [2.05, 4.69) is 11.3 Å². The van der Waals surface area contributed by atoms with Crippen molar-refractivity contribution in [1.82, 2.24) is 14.7 Å². The second kappa shape index (κ2) is 8.74. The van der Waals surface area contributed by atoms with Crippen molar-refractivity contribution in [1.29, 1.82) is 5.26 Å². The molecular formula is C22H19F3N6O2. The smallest absolute Gasteiger partial charge is 0.254 e. The van der Waals surface area contributed by atoms with Gasteiger partial charge in [0.1, 0.15) is 22.8 Å². The molecule has 1 aromatic heterocycles. The Labute approximate surface area is 186 Å².